The third-order valence-corrected chi connectivity index (χ3v) is 4.94. The van der Waals surface area contributed by atoms with E-state index in [2.05, 4.69) is 5.32 Å². The van der Waals surface area contributed by atoms with Gasteiger partial charge in [0.1, 0.15) is 5.82 Å². The highest BCUT2D eigenvalue weighted by Crippen LogP contribution is 2.24. The molecule has 1 aliphatic rings. The van der Waals surface area contributed by atoms with Crippen molar-refractivity contribution in [3.8, 4) is 0 Å². The van der Waals surface area contributed by atoms with E-state index in [1.165, 1.54) is 6.07 Å². The number of nitrogens with zero attached hydrogens (tertiary/aromatic N) is 1. The summed E-state index contributed by atoms with van der Waals surface area (Å²) in [5, 5.41) is 2.75. The molecule has 0 unspecified atom stereocenters. The van der Waals surface area contributed by atoms with E-state index in [1.54, 1.807) is 30.3 Å². The van der Waals surface area contributed by atoms with Gasteiger partial charge >= 0.3 is 0 Å². The van der Waals surface area contributed by atoms with Crippen molar-refractivity contribution in [3.05, 3.63) is 65.5 Å². The van der Waals surface area contributed by atoms with Crippen LogP contribution in [0.25, 0.3) is 0 Å². The Bertz CT molecular complexity index is 846. The van der Waals surface area contributed by atoms with E-state index in [0.717, 1.165) is 0 Å². The molecule has 1 fully saturated rings. The van der Waals surface area contributed by atoms with Gasteiger partial charge < -0.3 is 15.0 Å². The van der Waals surface area contributed by atoms with Crippen molar-refractivity contribution in [2.75, 3.05) is 18.0 Å². The Hall–Kier alpha value is -2.73. The number of amides is 1. The molecule has 1 aliphatic heterocycles. The number of morpholine rings is 1. The molecule has 0 radical (unpaired) electrons. The number of ether oxygens (including phenoxy) is 1. The molecule has 0 bridgehead atoms. The minimum atomic E-state index is -0.308. The SMILES string of the molecule is C[C@H]1CN(c2ccc(CNC(=O)CCC(=O)c3ccccc3)cc2F)C[C@H](C)O1. The molecule has 154 valence electrons. The summed E-state index contributed by atoms with van der Waals surface area (Å²) >= 11 is 0. The molecule has 29 heavy (non-hydrogen) atoms. The summed E-state index contributed by atoms with van der Waals surface area (Å²) < 4.78 is 20.3. The highest BCUT2D eigenvalue weighted by molar-refractivity contribution is 5.97. The van der Waals surface area contributed by atoms with Crippen LogP contribution in [0.5, 0.6) is 0 Å². The van der Waals surface area contributed by atoms with Crippen LogP contribution in [-0.4, -0.2) is 37.0 Å². The third-order valence-electron chi connectivity index (χ3n) is 4.94. The third kappa shape index (κ3) is 5.87. The average molecular weight is 398 g/mol. The first-order chi connectivity index (χ1) is 13.9. The second-order valence-corrected chi connectivity index (χ2v) is 7.51. The minimum absolute atomic E-state index is 0.0516. The van der Waals surface area contributed by atoms with Gasteiger partial charge in [0.15, 0.2) is 5.78 Å². The molecule has 1 heterocycles. The van der Waals surface area contributed by atoms with Gasteiger partial charge in [0.2, 0.25) is 5.91 Å². The zero-order valence-electron chi connectivity index (χ0n) is 16.9. The summed E-state index contributed by atoms with van der Waals surface area (Å²) in [6.45, 7) is 5.48. The lowest BCUT2D eigenvalue weighted by atomic mass is 10.1. The molecule has 0 aromatic heterocycles. The molecule has 0 aliphatic carbocycles. The van der Waals surface area contributed by atoms with Crippen molar-refractivity contribution in [1.82, 2.24) is 5.32 Å². The first kappa shape index (κ1) is 21.0. The topological polar surface area (TPSA) is 58.6 Å². The van der Waals surface area contributed by atoms with Crippen LogP contribution in [-0.2, 0) is 16.1 Å². The van der Waals surface area contributed by atoms with Crippen molar-refractivity contribution >= 4 is 17.4 Å². The first-order valence-corrected chi connectivity index (χ1v) is 9.96. The number of rotatable bonds is 7. The Kier molecular flexibility index (Phi) is 6.99. The van der Waals surface area contributed by atoms with Crippen molar-refractivity contribution < 1.29 is 18.7 Å². The summed E-state index contributed by atoms with van der Waals surface area (Å²) in [4.78, 5) is 26.1. The highest BCUT2D eigenvalue weighted by atomic mass is 19.1. The molecule has 2 atom stereocenters. The van der Waals surface area contributed by atoms with Gasteiger partial charge in [-0.1, -0.05) is 36.4 Å². The maximum absolute atomic E-state index is 14.6. The number of anilines is 1. The molecule has 0 saturated carbocycles. The van der Waals surface area contributed by atoms with Crippen molar-refractivity contribution in [1.29, 1.82) is 0 Å². The summed E-state index contributed by atoms with van der Waals surface area (Å²) in [5.74, 6) is -0.600. The summed E-state index contributed by atoms with van der Waals surface area (Å²) in [6, 6.07) is 13.9. The van der Waals surface area contributed by atoms with Gasteiger partial charge in [-0.3, -0.25) is 9.59 Å². The fourth-order valence-corrected chi connectivity index (χ4v) is 3.58. The predicted octanol–water partition coefficient (Wildman–Crippen LogP) is 3.72. The predicted molar refractivity (Wildman–Crippen MR) is 110 cm³/mol. The number of hydrogen-bond donors (Lipinski definition) is 1. The van der Waals surface area contributed by atoms with Crippen LogP contribution >= 0.6 is 0 Å². The summed E-state index contributed by atoms with van der Waals surface area (Å²) in [5.41, 5.74) is 1.84. The van der Waals surface area contributed by atoms with E-state index in [9.17, 15) is 14.0 Å². The summed E-state index contributed by atoms with van der Waals surface area (Å²) in [7, 11) is 0. The standard InChI is InChI=1S/C23H27FN2O3/c1-16-14-26(15-17(2)29-16)21-9-8-18(12-20(21)24)13-25-23(28)11-10-22(27)19-6-4-3-5-7-19/h3-9,12,16-17H,10-11,13-15H2,1-2H3,(H,25,28)/t16-,17-/m0/s1. The lowest BCUT2D eigenvalue weighted by Crippen LogP contribution is -2.45. The number of Topliss-reactive ketones (excluding diaryl/α,β-unsaturated/α-hetero) is 1. The number of carbonyl (C=O) groups excluding carboxylic acids is 2. The second kappa shape index (κ2) is 9.65. The largest absolute Gasteiger partial charge is 0.372 e. The van der Waals surface area contributed by atoms with Gasteiger partial charge in [-0.05, 0) is 31.5 Å². The fraction of sp³-hybridized carbons (Fsp3) is 0.391. The van der Waals surface area contributed by atoms with Crippen LogP contribution in [0.4, 0.5) is 10.1 Å². The minimum Gasteiger partial charge on any atom is -0.372 e. The smallest absolute Gasteiger partial charge is 0.220 e. The first-order valence-electron chi connectivity index (χ1n) is 9.96. The van der Waals surface area contributed by atoms with Crippen LogP contribution in [0.2, 0.25) is 0 Å². The molecule has 1 saturated heterocycles. The van der Waals surface area contributed by atoms with Crippen LogP contribution < -0.4 is 10.2 Å². The Morgan fingerprint density at radius 3 is 2.41 bits per heavy atom. The van der Waals surface area contributed by atoms with E-state index in [-0.39, 0.29) is 49.1 Å². The Labute approximate surface area is 170 Å². The average Bonchev–Trinajstić information content (AvgIpc) is 2.70. The Morgan fingerprint density at radius 2 is 1.76 bits per heavy atom. The maximum Gasteiger partial charge on any atom is 0.220 e. The number of nitrogens with one attached hydrogen (secondary N) is 1. The van der Waals surface area contributed by atoms with E-state index in [1.807, 2.05) is 30.9 Å². The molecular weight excluding hydrogens is 371 g/mol. The number of ketones is 1. The molecule has 0 spiro atoms. The lowest BCUT2D eigenvalue weighted by molar-refractivity contribution is -0.121. The summed E-state index contributed by atoms with van der Waals surface area (Å²) in [6.07, 6.45) is 0.361. The van der Waals surface area contributed by atoms with Gasteiger partial charge in [0.25, 0.3) is 0 Å². The molecule has 2 aromatic rings. The maximum atomic E-state index is 14.6. The Morgan fingerprint density at radius 1 is 1.07 bits per heavy atom. The van der Waals surface area contributed by atoms with Crippen LogP contribution in [0.3, 0.4) is 0 Å². The van der Waals surface area contributed by atoms with E-state index >= 15 is 0 Å². The van der Waals surface area contributed by atoms with Gasteiger partial charge in [-0.2, -0.15) is 0 Å². The van der Waals surface area contributed by atoms with E-state index < -0.39 is 0 Å². The number of halogens is 1. The van der Waals surface area contributed by atoms with Gasteiger partial charge in [0.05, 0.1) is 17.9 Å². The number of carbonyl (C=O) groups is 2. The molecule has 1 N–H and O–H groups in total. The number of hydrogen-bond acceptors (Lipinski definition) is 4. The van der Waals surface area contributed by atoms with Crippen LogP contribution in [0.1, 0.15) is 42.6 Å². The molecular formula is C23H27FN2O3. The van der Waals surface area contributed by atoms with Gasteiger partial charge in [-0.25, -0.2) is 4.39 Å². The number of benzene rings is 2. The molecule has 2 aromatic carbocycles. The van der Waals surface area contributed by atoms with E-state index in [0.29, 0.717) is 29.9 Å². The quantitative estimate of drug-likeness (QED) is 0.723. The zero-order chi connectivity index (χ0) is 20.8. The van der Waals surface area contributed by atoms with Gasteiger partial charge in [0, 0.05) is 38.0 Å². The fourth-order valence-electron chi connectivity index (χ4n) is 3.58. The lowest BCUT2D eigenvalue weighted by Gasteiger charge is -2.37. The molecule has 3 rings (SSSR count). The van der Waals surface area contributed by atoms with Crippen LogP contribution in [0, 0.1) is 5.82 Å². The highest BCUT2D eigenvalue weighted by Gasteiger charge is 2.24. The van der Waals surface area contributed by atoms with Crippen LogP contribution in [0.15, 0.2) is 48.5 Å². The van der Waals surface area contributed by atoms with E-state index in [4.69, 9.17) is 4.74 Å². The van der Waals surface area contributed by atoms with Gasteiger partial charge in [-0.15, -0.1) is 0 Å². The monoisotopic (exact) mass is 398 g/mol. The molecule has 1 amide bonds. The molecule has 5 nitrogen and oxygen atoms in total. The van der Waals surface area contributed by atoms with Crippen molar-refractivity contribution in [2.45, 2.75) is 45.4 Å². The second-order valence-electron chi connectivity index (χ2n) is 7.51. The Balaban J connectivity index is 1.50. The van der Waals surface area contributed by atoms with Crippen molar-refractivity contribution in [2.24, 2.45) is 0 Å². The zero-order valence-corrected chi connectivity index (χ0v) is 16.9. The normalized spacial score (nSPS) is 19.1. The van der Waals surface area contributed by atoms with Crippen molar-refractivity contribution in [3.63, 3.8) is 0 Å². The molecule has 6 heteroatoms.